The first-order chi connectivity index (χ1) is 18.0. The van der Waals surface area contributed by atoms with E-state index in [0.29, 0.717) is 40.5 Å². The van der Waals surface area contributed by atoms with Crippen LogP contribution in [0.25, 0.3) is 17.1 Å². The third kappa shape index (κ3) is 5.93. The molecule has 0 radical (unpaired) electrons. The second kappa shape index (κ2) is 11.6. The predicted octanol–water partition coefficient (Wildman–Crippen LogP) is 5.62. The molecular formula is C26H23BrClN5O3S. The zero-order chi connectivity index (χ0) is 25.8. The number of carbonyl (C=O) groups excluding carboxylic acids is 1. The number of rotatable bonds is 7. The normalized spacial score (nSPS) is 13.5. The number of amides is 1. The number of ether oxygens (including phenoxy) is 1. The molecule has 1 aliphatic heterocycles. The second-order valence-electron chi connectivity index (χ2n) is 8.24. The highest BCUT2D eigenvalue weighted by molar-refractivity contribution is 9.10. The van der Waals surface area contributed by atoms with Crippen molar-refractivity contribution in [3.05, 3.63) is 76.2 Å². The maximum atomic E-state index is 12.8. The molecule has 3 aromatic carbocycles. The highest BCUT2D eigenvalue weighted by Crippen LogP contribution is 2.35. The van der Waals surface area contributed by atoms with E-state index in [2.05, 4.69) is 36.3 Å². The topological polar surface area (TPSA) is 92.5 Å². The molecule has 1 fully saturated rings. The maximum absolute atomic E-state index is 12.8. The van der Waals surface area contributed by atoms with Crippen LogP contribution in [0.15, 0.2) is 76.4 Å². The van der Waals surface area contributed by atoms with Gasteiger partial charge in [0, 0.05) is 28.9 Å². The number of nitrogens with one attached hydrogen (secondary N) is 1. The van der Waals surface area contributed by atoms with Crippen molar-refractivity contribution in [1.29, 1.82) is 0 Å². The van der Waals surface area contributed by atoms with Crippen LogP contribution in [0.3, 0.4) is 0 Å². The Kier molecular flexibility index (Phi) is 7.99. The van der Waals surface area contributed by atoms with Crippen LogP contribution in [0.4, 0.5) is 11.4 Å². The van der Waals surface area contributed by atoms with Crippen molar-refractivity contribution in [2.45, 2.75) is 5.16 Å². The van der Waals surface area contributed by atoms with Crippen molar-refractivity contribution in [3.63, 3.8) is 0 Å². The summed E-state index contributed by atoms with van der Waals surface area (Å²) in [5.74, 6) is 0.464. The summed E-state index contributed by atoms with van der Waals surface area (Å²) in [7, 11) is 0. The summed E-state index contributed by atoms with van der Waals surface area (Å²) in [5, 5.41) is 23.2. The summed E-state index contributed by atoms with van der Waals surface area (Å²) in [5.41, 5.74) is 2.89. The summed E-state index contributed by atoms with van der Waals surface area (Å²) in [4.78, 5) is 15.0. The predicted molar refractivity (Wildman–Crippen MR) is 150 cm³/mol. The van der Waals surface area contributed by atoms with E-state index in [-0.39, 0.29) is 17.4 Å². The zero-order valence-corrected chi connectivity index (χ0v) is 22.8. The first kappa shape index (κ1) is 25.6. The molecule has 0 aliphatic carbocycles. The minimum Gasteiger partial charge on any atom is -0.507 e. The summed E-state index contributed by atoms with van der Waals surface area (Å²) in [6.45, 7) is 2.90. The van der Waals surface area contributed by atoms with E-state index in [4.69, 9.17) is 16.3 Å². The minimum absolute atomic E-state index is 0.0829. The maximum Gasteiger partial charge on any atom is 0.234 e. The second-order valence-corrected chi connectivity index (χ2v) is 10.5. The zero-order valence-electron chi connectivity index (χ0n) is 19.6. The minimum atomic E-state index is -0.199. The fourth-order valence-corrected chi connectivity index (χ4v) is 5.42. The third-order valence-corrected chi connectivity index (χ3v) is 7.49. The fourth-order valence-electron chi connectivity index (χ4n) is 4.01. The van der Waals surface area contributed by atoms with Gasteiger partial charge in [-0.15, -0.1) is 10.2 Å². The van der Waals surface area contributed by atoms with Crippen molar-refractivity contribution in [1.82, 2.24) is 14.8 Å². The van der Waals surface area contributed by atoms with Gasteiger partial charge in [0.25, 0.3) is 0 Å². The van der Waals surface area contributed by atoms with Gasteiger partial charge < -0.3 is 20.1 Å². The Morgan fingerprint density at radius 3 is 2.62 bits per heavy atom. The Balaban J connectivity index is 1.33. The number of anilines is 2. The Bertz CT molecular complexity index is 1410. The van der Waals surface area contributed by atoms with E-state index < -0.39 is 0 Å². The van der Waals surface area contributed by atoms with Gasteiger partial charge in [0.2, 0.25) is 5.91 Å². The van der Waals surface area contributed by atoms with Crippen molar-refractivity contribution < 1.29 is 14.6 Å². The van der Waals surface area contributed by atoms with E-state index >= 15 is 0 Å². The van der Waals surface area contributed by atoms with E-state index in [1.807, 2.05) is 47.0 Å². The molecule has 0 bridgehead atoms. The number of hydrogen-bond donors (Lipinski definition) is 2. The molecule has 0 spiro atoms. The Labute approximate surface area is 231 Å². The molecule has 2 heterocycles. The molecule has 190 valence electrons. The number of para-hydroxylation sites is 1. The molecule has 11 heteroatoms. The molecule has 37 heavy (non-hydrogen) atoms. The van der Waals surface area contributed by atoms with Gasteiger partial charge in [-0.2, -0.15) is 0 Å². The van der Waals surface area contributed by atoms with Gasteiger partial charge in [-0.1, -0.05) is 57.5 Å². The number of nitrogens with zero attached hydrogens (tertiary/aromatic N) is 4. The summed E-state index contributed by atoms with van der Waals surface area (Å²) >= 11 is 11.2. The van der Waals surface area contributed by atoms with Gasteiger partial charge in [0.15, 0.2) is 11.0 Å². The van der Waals surface area contributed by atoms with Gasteiger partial charge >= 0.3 is 0 Å². The van der Waals surface area contributed by atoms with Crippen LogP contribution in [0.2, 0.25) is 5.02 Å². The van der Waals surface area contributed by atoms with Crippen LogP contribution in [-0.2, 0) is 9.53 Å². The lowest BCUT2D eigenvalue weighted by Gasteiger charge is -2.29. The number of halogens is 2. The highest BCUT2D eigenvalue weighted by atomic mass is 79.9. The largest absolute Gasteiger partial charge is 0.507 e. The highest BCUT2D eigenvalue weighted by Gasteiger charge is 2.20. The molecule has 0 atom stereocenters. The first-order valence-corrected chi connectivity index (χ1v) is 13.7. The molecule has 5 rings (SSSR count). The average Bonchev–Trinajstić information content (AvgIpc) is 3.34. The van der Waals surface area contributed by atoms with Crippen LogP contribution in [-0.4, -0.2) is 57.8 Å². The van der Waals surface area contributed by atoms with Crippen molar-refractivity contribution >= 4 is 56.6 Å². The Morgan fingerprint density at radius 1 is 1.08 bits per heavy atom. The number of benzene rings is 3. The van der Waals surface area contributed by atoms with Crippen molar-refractivity contribution in [2.75, 3.05) is 42.3 Å². The molecule has 2 N–H and O–H groups in total. The van der Waals surface area contributed by atoms with E-state index in [0.717, 1.165) is 28.9 Å². The summed E-state index contributed by atoms with van der Waals surface area (Å²) in [6, 6.07) is 20.2. The molecule has 4 aromatic rings. The number of aromatic nitrogens is 3. The standard InChI is InChI=1S/C26H23BrClN5O3S/c27-17-6-9-23(34)20(14-17)25-30-31-26(33(25)19-4-2-1-3-5-19)37-16-24(35)29-18-7-8-22(21(28)15-18)32-10-12-36-13-11-32/h1-9,14-15,34H,10-13,16H2,(H,29,35). The van der Waals surface area contributed by atoms with Gasteiger partial charge in [-0.05, 0) is 48.5 Å². The van der Waals surface area contributed by atoms with Crippen LogP contribution < -0.4 is 10.2 Å². The molecule has 0 unspecified atom stereocenters. The van der Waals surface area contributed by atoms with Crippen molar-refractivity contribution in [2.24, 2.45) is 0 Å². The Hall–Kier alpha value is -3.05. The molecule has 1 aromatic heterocycles. The van der Waals surface area contributed by atoms with Crippen LogP contribution in [0.5, 0.6) is 5.75 Å². The lowest BCUT2D eigenvalue weighted by Crippen LogP contribution is -2.36. The van der Waals surface area contributed by atoms with Gasteiger partial charge in [0.05, 0.1) is 35.2 Å². The monoisotopic (exact) mass is 599 g/mol. The van der Waals surface area contributed by atoms with Crippen LogP contribution >= 0.6 is 39.3 Å². The third-order valence-electron chi connectivity index (χ3n) is 5.76. The number of morpholine rings is 1. The van der Waals surface area contributed by atoms with Gasteiger partial charge in [-0.25, -0.2) is 0 Å². The van der Waals surface area contributed by atoms with Gasteiger partial charge in [0.1, 0.15) is 5.75 Å². The molecular weight excluding hydrogens is 578 g/mol. The SMILES string of the molecule is O=C(CSc1nnc(-c2cc(Br)ccc2O)n1-c1ccccc1)Nc1ccc(N2CCOCC2)c(Cl)c1. The van der Waals surface area contributed by atoms with Crippen molar-refractivity contribution in [3.8, 4) is 22.8 Å². The number of thioether (sulfide) groups is 1. The molecule has 1 saturated heterocycles. The average molecular weight is 601 g/mol. The number of aromatic hydroxyl groups is 1. The molecule has 1 amide bonds. The van der Waals surface area contributed by atoms with E-state index in [1.165, 1.54) is 11.8 Å². The first-order valence-electron chi connectivity index (χ1n) is 11.5. The lowest BCUT2D eigenvalue weighted by atomic mass is 10.2. The number of phenolic OH excluding ortho intramolecular Hbond substituents is 1. The molecule has 1 aliphatic rings. The number of carbonyl (C=O) groups is 1. The lowest BCUT2D eigenvalue weighted by molar-refractivity contribution is -0.113. The quantitative estimate of drug-likeness (QED) is 0.266. The number of phenols is 1. The Morgan fingerprint density at radius 2 is 1.86 bits per heavy atom. The molecule has 8 nitrogen and oxygen atoms in total. The number of hydrogen-bond acceptors (Lipinski definition) is 7. The fraction of sp³-hybridized carbons (Fsp3) is 0.192. The van der Waals surface area contributed by atoms with Crippen LogP contribution in [0.1, 0.15) is 0 Å². The van der Waals surface area contributed by atoms with E-state index in [9.17, 15) is 9.90 Å². The van der Waals surface area contributed by atoms with Gasteiger partial charge in [-0.3, -0.25) is 9.36 Å². The van der Waals surface area contributed by atoms with Crippen LogP contribution in [0, 0.1) is 0 Å². The summed E-state index contributed by atoms with van der Waals surface area (Å²) in [6.07, 6.45) is 0. The summed E-state index contributed by atoms with van der Waals surface area (Å²) < 4.78 is 8.03. The molecule has 0 saturated carbocycles. The van der Waals surface area contributed by atoms with E-state index in [1.54, 1.807) is 24.3 Å². The smallest absolute Gasteiger partial charge is 0.234 e.